The van der Waals surface area contributed by atoms with Crippen molar-refractivity contribution in [2.45, 2.75) is 11.6 Å². The van der Waals surface area contributed by atoms with Crippen LogP contribution in [0, 0.1) is 0 Å². The van der Waals surface area contributed by atoms with Crippen molar-refractivity contribution in [3.63, 3.8) is 0 Å². The molecule has 0 saturated heterocycles. The minimum absolute atomic E-state index is 0.142. The zero-order chi connectivity index (χ0) is 11.6. The lowest BCUT2D eigenvalue weighted by Crippen LogP contribution is -2.07. The van der Waals surface area contributed by atoms with E-state index < -0.39 is 26.4 Å². The van der Waals surface area contributed by atoms with Crippen molar-refractivity contribution >= 4 is 35.7 Å². The summed E-state index contributed by atoms with van der Waals surface area (Å²) < 4.78 is 49.8. The van der Waals surface area contributed by atoms with Gasteiger partial charge in [-0.2, -0.15) is 8.78 Å². The zero-order valence-electron chi connectivity index (χ0n) is 6.82. The molecule has 0 aromatic carbocycles. The highest BCUT2D eigenvalue weighted by molar-refractivity contribution is 9.10. The number of nitrogens with zero attached hydrogens (tertiary/aromatic N) is 1. The van der Waals surface area contributed by atoms with Crippen LogP contribution in [0.25, 0.3) is 0 Å². The molecule has 0 atom stereocenters. The van der Waals surface area contributed by atoms with E-state index in [0.717, 1.165) is 6.07 Å². The molecule has 0 radical (unpaired) electrons. The lowest BCUT2D eigenvalue weighted by Gasteiger charge is -2.07. The second-order valence-electron chi connectivity index (χ2n) is 2.25. The highest BCUT2D eigenvalue weighted by Crippen LogP contribution is 2.27. The van der Waals surface area contributed by atoms with Crippen molar-refractivity contribution in [1.82, 2.24) is 4.98 Å². The lowest BCUT2D eigenvalue weighted by molar-refractivity contribution is -0.0521. The molecular weight excluding hydrogens is 319 g/mol. The number of pyridine rings is 1. The fourth-order valence-electron chi connectivity index (χ4n) is 0.765. The molecule has 0 bridgehead atoms. The Morgan fingerprint density at radius 1 is 1.47 bits per heavy atom. The summed E-state index contributed by atoms with van der Waals surface area (Å²) >= 11 is 2.88. The smallest absolute Gasteiger partial charge is 0.387 e. The summed E-state index contributed by atoms with van der Waals surface area (Å²) in [5.41, 5.74) is 0. The van der Waals surface area contributed by atoms with Gasteiger partial charge in [0, 0.05) is 10.7 Å². The Bertz CT molecular complexity index is 467. The summed E-state index contributed by atoms with van der Waals surface area (Å²) in [5.74, 6) is -0.594. The topological polar surface area (TPSA) is 56.3 Å². The number of hydrogen-bond donors (Lipinski definition) is 0. The van der Waals surface area contributed by atoms with Crippen LogP contribution in [0.4, 0.5) is 8.78 Å². The van der Waals surface area contributed by atoms with E-state index in [4.69, 9.17) is 10.7 Å². The quantitative estimate of drug-likeness (QED) is 0.633. The average molecular weight is 323 g/mol. The van der Waals surface area contributed by atoms with Crippen LogP contribution < -0.4 is 4.74 Å². The molecule has 9 heteroatoms. The Hall–Kier alpha value is -0.470. The number of halogens is 4. The van der Waals surface area contributed by atoms with Crippen molar-refractivity contribution in [2.75, 3.05) is 0 Å². The van der Waals surface area contributed by atoms with Gasteiger partial charge in [-0.15, -0.1) is 0 Å². The van der Waals surface area contributed by atoms with Crippen molar-refractivity contribution in [3.8, 4) is 5.75 Å². The summed E-state index contributed by atoms with van der Waals surface area (Å²) in [4.78, 5) is 3.44. The van der Waals surface area contributed by atoms with Crippen LogP contribution in [0.15, 0.2) is 21.8 Å². The lowest BCUT2D eigenvalue weighted by atomic mass is 10.5. The van der Waals surface area contributed by atoms with Gasteiger partial charge in [0.25, 0.3) is 9.05 Å². The number of aromatic nitrogens is 1. The molecular formula is C6H3BrClF2NO3S. The van der Waals surface area contributed by atoms with E-state index in [1.807, 2.05) is 0 Å². The number of hydrogen-bond acceptors (Lipinski definition) is 4. The van der Waals surface area contributed by atoms with E-state index in [-0.39, 0.29) is 4.60 Å². The highest BCUT2D eigenvalue weighted by atomic mass is 79.9. The van der Waals surface area contributed by atoms with E-state index in [2.05, 4.69) is 25.7 Å². The molecule has 1 aromatic rings. The third-order valence-electron chi connectivity index (χ3n) is 1.24. The SMILES string of the molecule is O=S(=O)(Cl)c1nc(Br)ccc1OC(F)F. The molecule has 15 heavy (non-hydrogen) atoms. The highest BCUT2D eigenvalue weighted by Gasteiger charge is 2.21. The number of rotatable bonds is 3. The predicted octanol–water partition coefficient (Wildman–Crippen LogP) is 2.37. The summed E-state index contributed by atoms with van der Waals surface area (Å²) in [5, 5.41) is -0.751. The Morgan fingerprint density at radius 2 is 2.07 bits per heavy atom. The van der Waals surface area contributed by atoms with Crippen LogP contribution in [0.2, 0.25) is 0 Å². The first kappa shape index (κ1) is 12.6. The molecule has 0 aliphatic rings. The van der Waals surface area contributed by atoms with Crippen LogP contribution in [0.5, 0.6) is 5.75 Å². The largest absolute Gasteiger partial charge is 0.432 e. The van der Waals surface area contributed by atoms with E-state index in [9.17, 15) is 17.2 Å². The molecule has 0 aliphatic carbocycles. The van der Waals surface area contributed by atoms with Crippen LogP contribution in [-0.4, -0.2) is 20.0 Å². The minimum atomic E-state index is -4.23. The molecule has 1 heterocycles. The average Bonchev–Trinajstić information content (AvgIpc) is 2.05. The van der Waals surface area contributed by atoms with Crippen molar-refractivity contribution in [3.05, 3.63) is 16.7 Å². The normalized spacial score (nSPS) is 11.8. The van der Waals surface area contributed by atoms with Crippen LogP contribution in [-0.2, 0) is 9.05 Å². The molecule has 0 aliphatic heterocycles. The molecule has 1 aromatic heterocycles. The van der Waals surface area contributed by atoms with Gasteiger partial charge in [0.1, 0.15) is 4.60 Å². The first-order chi connectivity index (χ1) is 6.80. The summed E-state index contributed by atoms with van der Waals surface area (Å²) in [6, 6.07) is 2.28. The molecule has 0 amide bonds. The van der Waals surface area contributed by atoms with E-state index in [0.29, 0.717) is 0 Å². The van der Waals surface area contributed by atoms with Crippen LogP contribution in [0.1, 0.15) is 0 Å². The van der Waals surface area contributed by atoms with Crippen LogP contribution >= 0.6 is 26.6 Å². The van der Waals surface area contributed by atoms with Gasteiger partial charge in [0.15, 0.2) is 5.75 Å². The van der Waals surface area contributed by atoms with E-state index in [1.165, 1.54) is 6.07 Å². The Kier molecular flexibility index (Phi) is 3.85. The second kappa shape index (κ2) is 4.58. The Balaban J connectivity index is 3.27. The van der Waals surface area contributed by atoms with Crippen molar-refractivity contribution in [1.29, 1.82) is 0 Å². The molecule has 4 nitrogen and oxygen atoms in total. The fraction of sp³-hybridized carbons (Fsp3) is 0.167. The molecule has 0 unspecified atom stereocenters. The summed E-state index contributed by atoms with van der Waals surface area (Å²) in [6.07, 6.45) is 0. The molecule has 0 spiro atoms. The number of alkyl halides is 2. The third-order valence-corrected chi connectivity index (χ3v) is 2.87. The maximum atomic E-state index is 11.9. The first-order valence-electron chi connectivity index (χ1n) is 3.36. The van der Waals surface area contributed by atoms with Crippen molar-refractivity contribution in [2.24, 2.45) is 0 Å². The van der Waals surface area contributed by atoms with Gasteiger partial charge in [0.05, 0.1) is 0 Å². The molecule has 0 fully saturated rings. The molecule has 0 N–H and O–H groups in total. The van der Waals surface area contributed by atoms with Gasteiger partial charge in [-0.3, -0.25) is 0 Å². The van der Waals surface area contributed by atoms with Crippen LogP contribution in [0.3, 0.4) is 0 Å². The predicted molar refractivity (Wildman–Crippen MR) is 51.6 cm³/mol. The fourth-order valence-corrected chi connectivity index (χ4v) is 2.09. The second-order valence-corrected chi connectivity index (χ2v) is 5.55. The van der Waals surface area contributed by atoms with Gasteiger partial charge in [0.2, 0.25) is 5.03 Å². The molecule has 84 valence electrons. The third kappa shape index (κ3) is 3.54. The standard InChI is InChI=1S/C6H3BrClF2NO3S/c7-4-2-1-3(14-6(9)10)5(11-4)15(8,12)13/h1-2,6H. The van der Waals surface area contributed by atoms with Gasteiger partial charge in [-0.1, -0.05) is 0 Å². The molecule has 0 saturated carbocycles. The number of ether oxygens (including phenoxy) is 1. The molecule has 1 rings (SSSR count). The van der Waals surface area contributed by atoms with Gasteiger partial charge in [-0.05, 0) is 28.1 Å². The van der Waals surface area contributed by atoms with Gasteiger partial charge >= 0.3 is 6.61 Å². The van der Waals surface area contributed by atoms with Crippen molar-refractivity contribution < 1.29 is 21.9 Å². The summed E-state index contributed by atoms with van der Waals surface area (Å²) in [6.45, 7) is -3.15. The van der Waals surface area contributed by atoms with E-state index in [1.54, 1.807) is 0 Å². The zero-order valence-corrected chi connectivity index (χ0v) is 9.98. The Labute approximate surface area is 96.8 Å². The maximum absolute atomic E-state index is 11.9. The van der Waals surface area contributed by atoms with Gasteiger partial charge in [-0.25, -0.2) is 13.4 Å². The monoisotopic (exact) mass is 321 g/mol. The van der Waals surface area contributed by atoms with Gasteiger partial charge < -0.3 is 4.74 Å². The Morgan fingerprint density at radius 3 is 2.53 bits per heavy atom. The maximum Gasteiger partial charge on any atom is 0.387 e. The van der Waals surface area contributed by atoms with E-state index >= 15 is 0 Å². The summed E-state index contributed by atoms with van der Waals surface area (Å²) in [7, 11) is 0.754. The minimum Gasteiger partial charge on any atom is -0.432 e. The first-order valence-corrected chi connectivity index (χ1v) is 6.47.